The number of aliphatic hydroxyl groups excluding tert-OH is 1. The normalized spacial score (nSPS) is 19.1. The smallest absolute Gasteiger partial charge is 0.333 e. The van der Waals surface area contributed by atoms with Crippen molar-refractivity contribution in [2.75, 3.05) is 13.2 Å². The number of hydrogen-bond donors (Lipinski definition) is 1. The minimum atomic E-state index is -1.00. The largest absolute Gasteiger partial charge is 0.463 e. The van der Waals surface area contributed by atoms with Gasteiger partial charge in [-0.15, -0.1) is 0 Å². The summed E-state index contributed by atoms with van der Waals surface area (Å²) in [5, 5.41) is 9.79. The van der Waals surface area contributed by atoms with Crippen molar-refractivity contribution in [3.63, 3.8) is 0 Å². The molecule has 0 radical (unpaired) electrons. The second-order valence-corrected chi connectivity index (χ2v) is 7.12. The minimum absolute atomic E-state index is 0.0791. The van der Waals surface area contributed by atoms with Crippen LogP contribution < -0.4 is 0 Å². The van der Waals surface area contributed by atoms with Crippen molar-refractivity contribution < 1.29 is 24.2 Å². The van der Waals surface area contributed by atoms with Crippen LogP contribution in [-0.4, -0.2) is 36.4 Å². The molecule has 0 aromatic rings. The van der Waals surface area contributed by atoms with Crippen LogP contribution in [0.2, 0.25) is 0 Å². The van der Waals surface area contributed by atoms with Gasteiger partial charge in [0.25, 0.3) is 0 Å². The monoisotopic (exact) mass is 354 g/mol. The second kappa shape index (κ2) is 12.9. The summed E-state index contributed by atoms with van der Waals surface area (Å²) in [5.74, 6) is -0.864. The van der Waals surface area contributed by atoms with Crippen LogP contribution in [0.15, 0.2) is 12.2 Å². The third-order valence-corrected chi connectivity index (χ3v) is 4.61. The number of rotatable bonds is 6. The molecule has 0 bridgehead atoms. The topological polar surface area (TPSA) is 72.8 Å². The van der Waals surface area contributed by atoms with Gasteiger partial charge in [-0.2, -0.15) is 0 Å². The highest BCUT2D eigenvalue weighted by atomic mass is 16.6. The van der Waals surface area contributed by atoms with Crippen LogP contribution in [0.3, 0.4) is 0 Å². The standard InChI is InChI=1S/C20H34O5/c1-16(2)19(22)24-14-18(21)15-25-20(23)17-12-10-8-6-4-3-5-7-9-11-13-17/h17-18,21H,1,3-15H2,2H3. The lowest BCUT2D eigenvalue weighted by Crippen LogP contribution is -2.28. The number of esters is 2. The molecule has 1 fully saturated rings. The number of hydrogen-bond acceptors (Lipinski definition) is 5. The SMILES string of the molecule is C=C(C)C(=O)OCC(O)COC(=O)C1CCCCCCCCCCC1. The first-order valence-corrected chi connectivity index (χ1v) is 9.68. The Bertz CT molecular complexity index is 406. The van der Waals surface area contributed by atoms with E-state index < -0.39 is 12.1 Å². The Morgan fingerprint density at radius 2 is 1.36 bits per heavy atom. The van der Waals surface area contributed by atoms with Gasteiger partial charge in [0.15, 0.2) is 0 Å². The average molecular weight is 354 g/mol. The quantitative estimate of drug-likeness (QED) is 0.578. The third kappa shape index (κ3) is 10.3. The fourth-order valence-electron chi connectivity index (χ4n) is 3.04. The second-order valence-electron chi connectivity index (χ2n) is 7.12. The molecule has 1 aliphatic rings. The molecule has 1 N–H and O–H groups in total. The van der Waals surface area contributed by atoms with Crippen LogP contribution in [0.25, 0.3) is 0 Å². The molecule has 0 aromatic carbocycles. The van der Waals surface area contributed by atoms with Gasteiger partial charge in [0.2, 0.25) is 0 Å². The van der Waals surface area contributed by atoms with E-state index in [1.54, 1.807) is 6.92 Å². The first-order chi connectivity index (χ1) is 12.0. The molecule has 0 spiro atoms. The maximum absolute atomic E-state index is 12.3. The summed E-state index contributed by atoms with van der Waals surface area (Å²) in [5.41, 5.74) is 0.275. The summed E-state index contributed by atoms with van der Waals surface area (Å²) in [6.45, 7) is 4.68. The van der Waals surface area contributed by atoms with E-state index in [2.05, 4.69) is 6.58 Å². The molecule has 5 nitrogen and oxygen atoms in total. The van der Waals surface area contributed by atoms with Crippen LogP contribution in [-0.2, 0) is 19.1 Å². The summed E-state index contributed by atoms with van der Waals surface area (Å²) in [6, 6.07) is 0. The van der Waals surface area contributed by atoms with Gasteiger partial charge in [-0.05, 0) is 19.8 Å². The van der Waals surface area contributed by atoms with E-state index >= 15 is 0 Å². The highest BCUT2D eigenvalue weighted by Gasteiger charge is 2.21. The molecule has 5 heteroatoms. The van der Waals surface area contributed by atoms with Gasteiger partial charge in [-0.1, -0.05) is 64.4 Å². The molecule has 0 heterocycles. The van der Waals surface area contributed by atoms with E-state index in [9.17, 15) is 14.7 Å². The molecule has 144 valence electrons. The van der Waals surface area contributed by atoms with Crippen molar-refractivity contribution in [2.45, 2.75) is 83.7 Å². The Kier molecular flexibility index (Phi) is 11.2. The molecule has 1 rings (SSSR count). The first-order valence-electron chi connectivity index (χ1n) is 9.68. The molecule has 0 amide bonds. The lowest BCUT2D eigenvalue weighted by Gasteiger charge is -2.18. The van der Waals surface area contributed by atoms with Crippen molar-refractivity contribution >= 4 is 11.9 Å². The Morgan fingerprint density at radius 3 is 1.84 bits per heavy atom. The number of aliphatic hydroxyl groups is 1. The van der Waals surface area contributed by atoms with Crippen molar-refractivity contribution in [1.29, 1.82) is 0 Å². The Labute approximate surface area is 151 Å². The molecular formula is C20H34O5. The van der Waals surface area contributed by atoms with Crippen LogP contribution in [0.4, 0.5) is 0 Å². The molecule has 1 aliphatic carbocycles. The van der Waals surface area contributed by atoms with E-state index in [4.69, 9.17) is 9.47 Å². The average Bonchev–Trinajstić information content (AvgIpc) is 2.57. The highest BCUT2D eigenvalue weighted by Crippen LogP contribution is 2.22. The molecule has 0 aromatic heterocycles. The first kappa shape index (κ1) is 21.7. The zero-order valence-corrected chi connectivity index (χ0v) is 15.6. The Morgan fingerprint density at radius 1 is 0.920 bits per heavy atom. The maximum Gasteiger partial charge on any atom is 0.333 e. The predicted molar refractivity (Wildman–Crippen MR) is 97.0 cm³/mol. The van der Waals surface area contributed by atoms with Gasteiger partial charge in [-0.25, -0.2) is 4.79 Å². The van der Waals surface area contributed by atoms with Crippen molar-refractivity contribution in [2.24, 2.45) is 5.92 Å². The van der Waals surface area contributed by atoms with Crippen molar-refractivity contribution in [3.8, 4) is 0 Å². The summed E-state index contributed by atoms with van der Waals surface area (Å²) in [6.07, 6.45) is 11.6. The third-order valence-electron chi connectivity index (χ3n) is 4.61. The number of ether oxygens (including phenoxy) is 2. The minimum Gasteiger partial charge on any atom is -0.463 e. The molecule has 0 saturated heterocycles. The Balaban J connectivity index is 2.33. The van der Waals surface area contributed by atoms with Gasteiger partial charge in [0.05, 0.1) is 5.92 Å². The molecule has 1 saturated carbocycles. The fourth-order valence-corrected chi connectivity index (χ4v) is 3.04. The zero-order chi connectivity index (χ0) is 18.5. The van der Waals surface area contributed by atoms with Crippen LogP contribution in [0.1, 0.15) is 77.6 Å². The van der Waals surface area contributed by atoms with Crippen LogP contribution in [0.5, 0.6) is 0 Å². The molecule has 1 unspecified atom stereocenters. The summed E-state index contributed by atoms with van der Waals surface area (Å²) < 4.78 is 10.1. The lowest BCUT2D eigenvalue weighted by molar-refractivity contribution is -0.154. The van der Waals surface area contributed by atoms with Gasteiger partial charge in [0, 0.05) is 5.57 Å². The molecule has 1 atom stereocenters. The highest BCUT2D eigenvalue weighted by molar-refractivity contribution is 5.86. The van der Waals surface area contributed by atoms with Crippen LogP contribution >= 0.6 is 0 Å². The predicted octanol–water partition coefficient (Wildman–Crippen LogP) is 3.93. The van der Waals surface area contributed by atoms with Gasteiger partial charge in [0.1, 0.15) is 19.3 Å². The summed E-state index contributed by atoms with van der Waals surface area (Å²) in [4.78, 5) is 23.6. The fraction of sp³-hybridized carbons (Fsp3) is 0.800. The zero-order valence-electron chi connectivity index (χ0n) is 15.6. The summed E-state index contributed by atoms with van der Waals surface area (Å²) >= 11 is 0. The van der Waals surface area contributed by atoms with E-state index in [-0.39, 0.29) is 30.7 Å². The molecule has 0 aliphatic heterocycles. The van der Waals surface area contributed by atoms with E-state index in [1.807, 2.05) is 0 Å². The maximum atomic E-state index is 12.3. The van der Waals surface area contributed by atoms with Crippen molar-refractivity contribution in [3.05, 3.63) is 12.2 Å². The van der Waals surface area contributed by atoms with Crippen LogP contribution in [0, 0.1) is 5.92 Å². The number of carbonyl (C=O) groups excluding carboxylic acids is 2. The van der Waals surface area contributed by atoms with Crippen molar-refractivity contribution in [1.82, 2.24) is 0 Å². The van der Waals surface area contributed by atoms with E-state index in [1.165, 1.54) is 44.9 Å². The molecular weight excluding hydrogens is 320 g/mol. The van der Waals surface area contributed by atoms with E-state index in [0.29, 0.717) is 0 Å². The Hall–Kier alpha value is -1.36. The molecule has 25 heavy (non-hydrogen) atoms. The van der Waals surface area contributed by atoms with Gasteiger partial charge < -0.3 is 14.6 Å². The number of carbonyl (C=O) groups is 2. The van der Waals surface area contributed by atoms with Gasteiger partial charge in [-0.3, -0.25) is 4.79 Å². The van der Waals surface area contributed by atoms with E-state index in [0.717, 1.165) is 25.7 Å². The summed E-state index contributed by atoms with van der Waals surface area (Å²) in [7, 11) is 0. The lowest BCUT2D eigenvalue weighted by atomic mass is 9.93. The van der Waals surface area contributed by atoms with Gasteiger partial charge >= 0.3 is 11.9 Å².